The molecule has 1 aromatic heterocycles. The number of hydrogen-bond donors (Lipinski definition) is 1. The summed E-state index contributed by atoms with van der Waals surface area (Å²) in [6, 6.07) is 6.98. The topological polar surface area (TPSA) is 24.9 Å². The zero-order valence-electron chi connectivity index (χ0n) is 11.0. The van der Waals surface area contributed by atoms with Gasteiger partial charge in [-0.15, -0.1) is 0 Å². The van der Waals surface area contributed by atoms with Crippen LogP contribution in [0.25, 0.3) is 0 Å². The highest BCUT2D eigenvalue weighted by atomic mass is 35.5. The Morgan fingerprint density at radius 2 is 2.16 bits per heavy atom. The van der Waals surface area contributed by atoms with E-state index in [9.17, 15) is 4.39 Å². The molecule has 1 atom stereocenters. The fourth-order valence-corrected chi connectivity index (χ4v) is 2.34. The van der Waals surface area contributed by atoms with E-state index in [-0.39, 0.29) is 11.9 Å². The molecule has 1 aromatic carbocycles. The van der Waals surface area contributed by atoms with E-state index in [1.165, 1.54) is 6.07 Å². The van der Waals surface area contributed by atoms with Crippen LogP contribution in [0, 0.1) is 12.7 Å². The van der Waals surface area contributed by atoms with E-state index in [1.807, 2.05) is 26.1 Å². The number of likely N-dealkylation sites (N-methyl/N-ethyl adjacent to an activating group) is 1. The third-order valence-electron chi connectivity index (χ3n) is 3.10. The second kappa shape index (κ2) is 6.13. The minimum absolute atomic E-state index is 0.0225. The normalized spacial score (nSPS) is 12.4. The van der Waals surface area contributed by atoms with Crippen molar-refractivity contribution >= 4 is 11.6 Å². The molecule has 0 saturated heterocycles. The van der Waals surface area contributed by atoms with E-state index in [1.54, 1.807) is 18.5 Å². The van der Waals surface area contributed by atoms with Crippen LogP contribution in [0.2, 0.25) is 5.02 Å². The van der Waals surface area contributed by atoms with E-state index >= 15 is 0 Å². The molecule has 2 aromatic rings. The van der Waals surface area contributed by atoms with Gasteiger partial charge in [0.1, 0.15) is 5.82 Å². The van der Waals surface area contributed by atoms with Gasteiger partial charge in [-0.25, -0.2) is 4.39 Å². The Balaban J connectivity index is 2.28. The summed E-state index contributed by atoms with van der Waals surface area (Å²) in [5, 5.41) is 3.84. The highest BCUT2D eigenvalue weighted by Gasteiger charge is 2.13. The third-order valence-corrected chi connectivity index (χ3v) is 3.44. The molecule has 0 aliphatic carbocycles. The SMILES string of the molecule is CNC(Cc1ccncc1Cl)c1cc(C)cc(F)c1. The summed E-state index contributed by atoms with van der Waals surface area (Å²) < 4.78 is 13.5. The van der Waals surface area contributed by atoms with Gasteiger partial charge in [0, 0.05) is 18.4 Å². The predicted octanol–water partition coefficient (Wildman–Crippen LogP) is 3.69. The summed E-state index contributed by atoms with van der Waals surface area (Å²) in [7, 11) is 1.86. The van der Waals surface area contributed by atoms with Crippen molar-refractivity contribution in [2.45, 2.75) is 19.4 Å². The van der Waals surface area contributed by atoms with Gasteiger partial charge in [0.05, 0.1) is 5.02 Å². The largest absolute Gasteiger partial charge is 0.313 e. The Morgan fingerprint density at radius 1 is 1.37 bits per heavy atom. The minimum Gasteiger partial charge on any atom is -0.313 e. The smallest absolute Gasteiger partial charge is 0.123 e. The van der Waals surface area contributed by atoms with Gasteiger partial charge in [-0.05, 0) is 55.3 Å². The van der Waals surface area contributed by atoms with Gasteiger partial charge >= 0.3 is 0 Å². The number of aromatic nitrogens is 1. The number of hydrogen-bond acceptors (Lipinski definition) is 2. The van der Waals surface area contributed by atoms with Gasteiger partial charge in [-0.1, -0.05) is 17.7 Å². The van der Waals surface area contributed by atoms with Crippen molar-refractivity contribution in [2.75, 3.05) is 7.05 Å². The highest BCUT2D eigenvalue weighted by Crippen LogP contribution is 2.24. The summed E-state index contributed by atoms with van der Waals surface area (Å²) in [6.07, 6.45) is 4.03. The maximum Gasteiger partial charge on any atom is 0.123 e. The second-order valence-electron chi connectivity index (χ2n) is 4.57. The molecule has 0 aliphatic rings. The zero-order valence-corrected chi connectivity index (χ0v) is 11.7. The summed E-state index contributed by atoms with van der Waals surface area (Å²) in [4.78, 5) is 3.97. The van der Waals surface area contributed by atoms with Gasteiger partial charge in [-0.2, -0.15) is 0 Å². The van der Waals surface area contributed by atoms with Crippen molar-refractivity contribution in [3.05, 3.63) is 64.2 Å². The summed E-state index contributed by atoms with van der Waals surface area (Å²) in [5.74, 6) is -0.212. The number of halogens is 2. The quantitative estimate of drug-likeness (QED) is 0.923. The van der Waals surface area contributed by atoms with E-state index in [2.05, 4.69) is 10.3 Å². The van der Waals surface area contributed by atoms with E-state index in [0.717, 1.165) is 16.7 Å². The van der Waals surface area contributed by atoms with Crippen molar-refractivity contribution in [3.8, 4) is 0 Å². The molecule has 19 heavy (non-hydrogen) atoms. The second-order valence-corrected chi connectivity index (χ2v) is 4.98. The van der Waals surface area contributed by atoms with Crippen molar-refractivity contribution in [2.24, 2.45) is 0 Å². The van der Waals surface area contributed by atoms with E-state index < -0.39 is 0 Å². The molecule has 0 spiro atoms. The number of nitrogens with one attached hydrogen (secondary N) is 1. The average Bonchev–Trinajstić information content (AvgIpc) is 2.36. The number of nitrogens with zero attached hydrogens (tertiary/aromatic N) is 1. The van der Waals surface area contributed by atoms with Crippen LogP contribution in [0.15, 0.2) is 36.7 Å². The fourth-order valence-electron chi connectivity index (χ4n) is 2.14. The maximum absolute atomic E-state index is 13.5. The Morgan fingerprint density at radius 3 is 2.79 bits per heavy atom. The molecule has 100 valence electrons. The number of pyridine rings is 1. The first-order chi connectivity index (χ1) is 9.10. The maximum atomic E-state index is 13.5. The van der Waals surface area contributed by atoms with Gasteiger partial charge in [0.25, 0.3) is 0 Å². The van der Waals surface area contributed by atoms with Gasteiger partial charge in [0.2, 0.25) is 0 Å². The van der Waals surface area contributed by atoms with Gasteiger partial charge in [-0.3, -0.25) is 4.98 Å². The molecule has 4 heteroatoms. The number of aryl methyl sites for hydroxylation is 1. The van der Waals surface area contributed by atoms with Crippen molar-refractivity contribution in [1.29, 1.82) is 0 Å². The summed E-state index contributed by atoms with van der Waals surface area (Å²) in [5.41, 5.74) is 2.84. The molecular formula is C15H16ClFN2. The molecule has 0 aliphatic heterocycles. The first kappa shape index (κ1) is 14.0. The average molecular weight is 279 g/mol. The van der Waals surface area contributed by atoms with Crippen molar-refractivity contribution in [3.63, 3.8) is 0 Å². The molecule has 1 heterocycles. The predicted molar refractivity (Wildman–Crippen MR) is 75.9 cm³/mol. The van der Waals surface area contributed by atoms with Crippen LogP contribution >= 0.6 is 11.6 Å². The Labute approximate surface area is 117 Å². The molecule has 0 radical (unpaired) electrons. The molecule has 1 N–H and O–H groups in total. The molecule has 2 nitrogen and oxygen atoms in total. The monoisotopic (exact) mass is 278 g/mol. The van der Waals surface area contributed by atoms with Crippen LogP contribution in [0.5, 0.6) is 0 Å². The van der Waals surface area contributed by atoms with Crippen LogP contribution in [-0.4, -0.2) is 12.0 Å². The minimum atomic E-state index is -0.212. The van der Waals surface area contributed by atoms with E-state index in [0.29, 0.717) is 11.4 Å². The summed E-state index contributed by atoms with van der Waals surface area (Å²) >= 11 is 6.11. The molecule has 0 saturated carbocycles. The zero-order chi connectivity index (χ0) is 13.8. The molecule has 0 fully saturated rings. The van der Waals surface area contributed by atoms with Crippen molar-refractivity contribution < 1.29 is 4.39 Å². The Kier molecular flexibility index (Phi) is 4.51. The van der Waals surface area contributed by atoms with Crippen LogP contribution in [0.4, 0.5) is 4.39 Å². The molecular weight excluding hydrogens is 263 g/mol. The lowest BCUT2D eigenvalue weighted by atomic mass is 9.98. The number of rotatable bonds is 4. The Hall–Kier alpha value is -1.45. The first-order valence-electron chi connectivity index (χ1n) is 6.13. The fraction of sp³-hybridized carbons (Fsp3) is 0.267. The van der Waals surface area contributed by atoms with Crippen LogP contribution < -0.4 is 5.32 Å². The molecule has 1 unspecified atom stereocenters. The lowest BCUT2D eigenvalue weighted by Gasteiger charge is -2.18. The van der Waals surface area contributed by atoms with E-state index in [4.69, 9.17) is 11.6 Å². The lowest BCUT2D eigenvalue weighted by Crippen LogP contribution is -2.19. The third kappa shape index (κ3) is 3.52. The van der Waals surface area contributed by atoms with Crippen LogP contribution in [-0.2, 0) is 6.42 Å². The molecule has 0 amide bonds. The van der Waals surface area contributed by atoms with Crippen molar-refractivity contribution in [1.82, 2.24) is 10.3 Å². The standard InChI is InChI=1S/C15H16ClFN2/c1-10-5-12(7-13(17)6-10)15(18-2)8-11-3-4-19-9-14(11)16/h3-7,9,15,18H,8H2,1-2H3. The highest BCUT2D eigenvalue weighted by molar-refractivity contribution is 6.31. The molecule has 0 bridgehead atoms. The summed E-state index contributed by atoms with van der Waals surface area (Å²) in [6.45, 7) is 1.89. The number of benzene rings is 1. The Bertz CT molecular complexity index is 552. The lowest BCUT2D eigenvalue weighted by molar-refractivity contribution is 0.576. The first-order valence-corrected chi connectivity index (χ1v) is 6.50. The molecule has 2 rings (SSSR count). The van der Waals surface area contributed by atoms with Crippen LogP contribution in [0.3, 0.4) is 0 Å². The van der Waals surface area contributed by atoms with Gasteiger partial charge in [0.15, 0.2) is 0 Å². The van der Waals surface area contributed by atoms with Crippen LogP contribution in [0.1, 0.15) is 22.7 Å². The van der Waals surface area contributed by atoms with Gasteiger partial charge < -0.3 is 5.32 Å².